The standard InChI is InChI=1S/C22H23N3O8/c1-14(20(26)23-17-3-5-18(6-4-17)24-7-9-32-10-8-24)33-22(28)16-11-15(21(27)31-2)12-19(13-16)25(29)30/h3-6,11-14H,7-10H2,1-2H3,(H,23,26). The van der Waals surface area contributed by atoms with Crippen molar-refractivity contribution in [3.63, 3.8) is 0 Å². The van der Waals surface area contributed by atoms with Crippen molar-refractivity contribution in [2.24, 2.45) is 0 Å². The lowest BCUT2D eigenvalue weighted by atomic mass is 10.1. The Morgan fingerprint density at radius 1 is 1.06 bits per heavy atom. The lowest BCUT2D eigenvalue weighted by Crippen LogP contribution is -2.36. The molecule has 1 saturated heterocycles. The predicted octanol–water partition coefficient (Wildman–Crippen LogP) is 2.40. The number of nitro benzene ring substituents is 1. The number of benzene rings is 2. The third kappa shape index (κ3) is 6.04. The first-order chi connectivity index (χ1) is 15.8. The van der Waals surface area contributed by atoms with Gasteiger partial charge in [0.05, 0.1) is 36.4 Å². The number of nitrogens with zero attached hydrogens (tertiary/aromatic N) is 2. The third-order valence-electron chi connectivity index (χ3n) is 4.95. The van der Waals surface area contributed by atoms with Crippen molar-refractivity contribution in [3.8, 4) is 0 Å². The summed E-state index contributed by atoms with van der Waals surface area (Å²) in [7, 11) is 1.11. The number of carbonyl (C=O) groups excluding carboxylic acids is 3. The molecule has 1 aliphatic rings. The summed E-state index contributed by atoms with van der Waals surface area (Å²) in [6.07, 6.45) is -1.20. The van der Waals surface area contributed by atoms with Crippen LogP contribution < -0.4 is 10.2 Å². The molecule has 2 aromatic carbocycles. The number of hydrogen-bond donors (Lipinski definition) is 1. The molecule has 0 spiro atoms. The number of nitro groups is 1. The van der Waals surface area contributed by atoms with Crippen LogP contribution in [0.15, 0.2) is 42.5 Å². The molecule has 3 rings (SSSR count). The number of carbonyl (C=O) groups is 3. The molecular weight excluding hydrogens is 434 g/mol. The fourth-order valence-corrected chi connectivity index (χ4v) is 3.17. The molecule has 1 unspecified atom stereocenters. The minimum Gasteiger partial charge on any atom is -0.465 e. The second kappa shape index (κ2) is 10.6. The number of methoxy groups -OCH3 is 1. The van der Waals surface area contributed by atoms with E-state index in [2.05, 4.69) is 15.0 Å². The molecule has 0 aromatic heterocycles. The van der Waals surface area contributed by atoms with Gasteiger partial charge in [-0.25, -0.2) is 9.59 Å². The van der Waals surface area contributed by atoms with Crippen molar-refractivity contribution >= 4 is 34.9 Å². The zero-order valence-electron chi connectivity index (χ0n) is 18.1. The van der Waals surface area contributed by atoms with Gasteiger partial charge in [0.1, 0.15) is 0 Å². The molecule has 2 aromatic rings. The van der Waals surface area contributed by atoms with Crippen LogP contribution in [0, 0.1) is 10.1 Å². The van der Waals surface area contributed by atoms with Gasteiger partial charge in [-0.1, -0.05) is 0 Å². The van der Waals surface area contributed by atoms with E-state index in [-0.39, 0.29) is 11.1 Å². The highest BCUT2D eigenvalue weighted by Crippen LogP contribution is 2.21. The number of morpholine rings is 1. The molecular formula is C22H23N3O8. The molecule has 0 bridgehead atoms. The molecule has 1 amide bonds. The first-order valence-corrected chi connectivity index (χ1v) is 10.1. The normalized spacial score (nSPS) is 14.2. The highest BCUT2D eigenvalue weighted by Gasteiger charge is 2.23. The van der Waals surface area contributed by atoms with Gasteiger partial charge < -0.3 is 24.4 Å². The molecule has 0 saturated carbocycles. The molecule has 11 heteroatoms. The summed E-state index contributed by atoms with van der Waals surface area (Å²) < 4.78 is 15.0. The topological polar surface area (TPSA) is 137 Å². The largest absolute Gasteiger partial charge is 0.465 e. The van der Waals surface area contributed by atoms with Crippen molar-refractivity contribution in [1.82, 2.24) is 0 Å². The van der Waals surface area contributed by atoms with Crippen LogP contribution in [-0.4, -0.2) is 62.3 Å². The average molecular weight is 457 g/mol. The number of anilines is 2. The first-order valence-electron chi connectivity index (χ1n) is 10.1. The second-order valence-electron chi connectivity index (χ2n) is 7.20. The van der Waals surface area contributed by atoms with Crippen molar-refractivity contribution in [2.45, 2.75) is 13.0 Å². The second-order valence-corrected chi connectivity index (χ2v) is 7.20. The predicted molar refractivity (Wildman–Crippen MR) is 117 cm³/mol. The van der Waals surface area contributed by atoms with E-state index in [0.29, 0.717) is 18.9 Å². The summed E-state index contributed by atoms with van der Waals surface area (Å²) >= 11 is 0. The highest BCUT2D eigenvalue weighted by molar-refractivity contribution is 5.99. The van der Waals surface area contributed by atoms with Gasteiger partial charge in [-0.3, -0.25) is 14.9 Å². The monoisotopic (exact) mass is 457 g/mol. The van der Waals surface area contributed by atoms with Gasteiger partial charge in [-0.2, -0.15) is 0 Å². The first kappa shape index (κ1) is 23.7. The van der Waals surface area contributed by atoms with Gasteiger partial charge in [-0.15, -0.1) is 0 Å². The zero-order valence-corrected chi connectivity index (χ0v) is 18.1. The molecule has 1 fully saturated rings. The van der Waals surface area contributed by atoms with Crippen LogP contribution in [0.1, 0.15) is 27.6 Å². The molecule has 0 radical (unpaired) electrons. The Morgan fingerprint density at radius 3 is 2.24 bits per heavy atom. The van der Waals surface area contributed by atoms with E-state index in [0.717, 1.165) is 44.1 Å². The molecule has 11 nitrogen and oxygen atoms in total. The van der Waals surface area contributed by atoms with Gasteiger partial charge >= 0.3 is 11.9 Å². The Morgan fingerprint density at radius 2 is 1.67 bits per heavy atom. The summed E-state index contributed by atoms with van der Waals surface area (Å²) in [4.78, 5) is 49.2. The fraction of sp³-hybridized carbons (Fsp3) is 0.318. The van der Waals surface area contributed by atoms with Crippen LogP contribution in [0.3, 0.4) is 0 Å². The number of nitrogens with one attached hydrogen (secondary N) is 1. The highest BCUT2D eigenvalue weighted by atomic mass is 16.6. The van der Waals surface area contributed by atoms with Gasteiger partial charge in [0.25, 0.3) is 11.6 Å². The van der Waals surface area contributed by atoms with Gasteiger partial charge in [0.15, 0.2) is 6.10 Å². The number of amides is 1. The Bertz CT molecular complexity index is 1050. The summed E-state index contributed by atoms with van der Waals surface area (Å²) in [5.41, 5.74) is 0.601. The van der Waals surface area contributed by atoms with Crippen molar-refractivity contribution < 1.29 is 33.5 Å². The number of esters is 2. The number of non-ortho nitro benzene ring substituents is 1. The van der Waals surface area contributed by atoms with Crippen molar-refractivity contribution in [3.05, 3.63) is 63.7 Å². The summed E-state index contributed by atoms with van der Waals surface area (Å²) in [5, 5.41) is 13.8. The van der Waals surface area contributed by atoms with E-state index in [1.54, 1.807) is 12.1 Å². The minimum atomic E-state index is -1.20. The zero-order chi connectivity index (χ0) is 24.0. The average Bonchev–Trinajstić information content (AvgIpc) is 2.84. The van der Waals surface area contributed by atoms with E-state index >= 15 is 0 Å². The van der Waals surface area contributed by atoms with Crippen LogP contribution >= 0.6 is 0 Å². The summed E-state index contributed by atoms with van der Waals surface area (Å²) in [5.74, 6) is -2.42. The molecule has 174 valence electrons. The van der Waals surface area contributed by atoms with Crippen LogP contribution in [0.4, 0.5) is 17.1 Å². The van der Waals surface area contributed by atoms with Crippen LogP contribution in [0.2, 0.25) is 0 Å². The van der Waals surface area contributed by atoms with E-state index in [9.17, 15) is 24.5 Å². The van der Waals surface area contributed by atoms with Crippen LogP contribution in [0.5, 0.6) is 0 Å². The maximum atomic E-state index is 12.5. The summed E-state index contributed by atoms with van der Waals surface area (Å²) in [6.45, 7) is 4.26. The van der Waals surface area contributed by atoms with E-state index in [1.165, 1.54) is 6.92 Å². The van der Waals surface area contributed by atoms with Crippen molar-refractivity contribution in [2.75, 3.05) is 43.6 Å². The molecule has 1 aliphatic heterocycles. The number of hydrogen-bond acceptors (Lipinski definition) is 9. The van der Waals surface area contributed by atoms with Gasteiger partial charge in [0, 0.05) is 36.6 Å². The van der Waals surface area contributed by atoms with E-state index in [1.807, 2.05) is 12.1 Å². The van der Waals surface area contributed by atoms with Gasteiger partial charge in [0.2, 0.25) is 0 Å². The maximum absolute atomic E-state index is 12.5. The molecule has 0 aliphatic carbocycles. The number of ether oxygens (including phenoxy) is 3. The smallest absolute Gasteiger partial charge is 0.339 e. The fourth-order valence-electron chi connectivity index (χ4n) is 3.17. The Balaban J connectivity index is 1.64. The Kier molecular flexibility index (Phi) is 7.57. The van der Waals surface area contributed by atoms with Crippen molar-refractivity contribution in [1.29, 1.82) is 0 Å². The number of rotatable bonds is 7. The molecule has 1 atom stereocenters. The van der Waals surface area contributed by atoms with E-state index in [4.69, 9.17) is 9.47 Å². The molecule has 1 N–H and O–H groups in total. The Labute approximate surface area is 189 Å². The van der Waals surface area contributed by atoms with E-state index < -0.39 is 34.6 Å². The maximum Gasteiger partial charge on any atom is 0.339 e. The summed E-state index contributed by atoms with van der Waals surface area (Å²) in [6, 6.07) is 10.3. The lowest BCUT2D eigenvalue weighted by Gasteiger charge is -2.28. The minimum absolute atomic E-state index is 0.184. The van der Waals surface area contributed by atoms with Crippen LogP contribution in [-0.2, 0) is 19.0 Å². The SMILES string of the molecule is COC(=O)c1cc(C(=O)OC(C)C(=O)Nc2ccc(N3CCOCC3)cc2)cc([N+](=O)[O-])c1. The Hall–Kier alpha value is -3.99. The quantitative estimate of drug-likeness (QED) is 0.377. The van der Waals surface area contributed by atoms with Crippen LogP contribution in [0.25, 0.3) is 0 Å². The lowest BCUT2D eigenvalue weighted by molar-refractivity contribution is -0.384. The third-order valence-corrected chi connectivity index (χ3v) is 4.95. The van der Waals surface area contributed by atoms with Gasteiger partial charge in [-0.05, 0) is 37.3 Å². The molecule has 33 heavy (non-hydrogen) atoms. The molecule has 1 heterocycles.